The zero-order valence-electron chi connectivity index (χ0n) is 13.3. The normalized spacial score (nSPS) is 13.7. The van der Waals surface area contributed by atoms with Crippen LogP contribution in [0.25, 0.3) is 0 Å². The van der Waals surface area contributed by atoms with Gasteiger partial charge in [-0.1, -0.05) is 38.8 Å². The Bertz CT molecular complexity index is 380. The molecule has 0 amide bonds. The molecule has 0 aromatic heterocycles. The van der Waals surface area contributed by atoms with E-state index in [2.05, 4.69) is 18.7 Å². The van der Waals surface area contributed by atoms with Crippen LogP contribution in [0.1, 0.15) is 51.0 Å². The molecule has 2 N–H and O–H groups in total. The van der Waals surface area contributed by atoms with Gasteiger partial charge in [0.1, 0.15) is 5.75 Å². The summed E-state index contributed by atoms with van der Waals surface area (Å²) in [5.41, 5.74) is 0.422. The lowest BCUT2D eigenvalue weighted by atomic mass is 9.76. The molecule has 0 fully saturated rings. The van der Waals surface area contributed by atoms with Gasteiger partial charge in [0, 0.05) is 12.5 Å². The summed E-state index contributed by atoms with van der Waals surface area (Å²) in [7, 11) is 4.07. The molecule has 0 aliphatic heterocycles. The number of likely N-dealkylation sites (N-methyl/N-ethyl adjacent to an activating group) is 1. The maximum absolute atomic E-state index is 11.2. The van der Waals surface area contributed by atoms with Crippen molar-refractivity contribution in [3.63, 3.8) is 0 Å². The second kappa shape index (κ2) is 7.65. The number of hydrogen-bond acceptors (Lipinski definition) is 3. The van der Waals surface area contributed by atoms with Gasteiger partial charge >= 0.3 is 0 Å². The molecule has 0 radical (unpaired) electrons. The van der Waals surface area contributed by atoms with Gasteiger partial charge in [0.15, 0.2) is 0 Å². The van der Waals surface area contributed by atoms with Gasteiger partial charge in [0.2, 0.25) is 0 Å². The van der Waals surface area contributed by atoms with Crippen LogP contribution in [0.15, 0.2) is 24.3 Å². The lowest BCUT2D eigenvalue weighted by Crippen LogP contribution is -2.41. The van der Waals surface area contributed by atoms with Gasteiger partial charge < -0.3 is 15.1 Å². The first kappa shape index (κ1) is 17.0. The summed E-state index contributed by atoms with van der Waals surface area (Å²) < 4.78 is 0. The van der Waals surface area contributed by atoms with Crippen LogP contribution in [0.5, 0.6) is 5.75 Å². The Morgan fingerprint density at radius 2 is 1.55 bits per heavy atom. The summed E-state index contributed by atoms with van der Waals surface area (Å²) in [6.07, 6.45) is 3.55. The highest BCUT2D eigenvalue weighted by Gasteiger charge is 2.36. The molecule has 1 rings (SSSR count). The minimum absolute atomic E-state index is 0.0676. The first-order valence-corrected chi connectivity index (χ1v) is 7.59. The molecule has 0 heterocycles. The molecule has 3 heteroatoms. The third kappa shape index (κ3) is 4.50. The second-order valence-electron chi connectivity index (χ2n) is 6.01. The molecule has 114 valence electrons. The second-order valence-corrected chi connectivity index (χ2v) is 6.01. The van der Waals surface area contributed by atoms with E-state index in [9.17, 15) is 10.2 Å². The fourth-order valence-electron chi connectivity index (χ4n) is 3.00. The average Bonchev–Trinajstić information content (AvgIpc) is 2.37. The number of nitrogens with zero attached hydrogens (tertiary/aromatic N) is 1. The van der Waals surface area contributed by atoms with Crippen LogP contribution < -0.4 is 0 Å². The monoisotopic (exact) mass is 279 g/mol. The van der Waals surface area contributed by atoms with E-state index in [4.69, 9.17) is 0 Å². The number of phenols is 1. The first-order chi connectivity index (χ1) is 9.42. The van der Waals surface area contributed by atoms with E-state index in [0.717, 1.165) is 37.8 Å². The van der Waals surface area contributed by atoms with E-state index in [1.807, 2.05) is 26.2 Å². The minimum atomic E-state index is -0.676. The Morgan fingerprint density at radius 3 is 1.95 bits per heavy atom. The van der Waals surface area contributed by atoms with Crippen molar-refractivity contribution in [1.82, 2.24) is 4.90 Å². The SMILES string of the molecule is CCCC(O)(CCC)[C@@H](CN(C)C)c1ccc(O)cc1. The molecule has 0 saturated carbocycles. The molecule has 0 aliphatic carbocycles. The van der Waals surface area contributed by atoms with Gasteiger partial charge in [-0.15, -0.1) is 0 Å². The number of phenolic OH excluding ortho intramolecular Hbond substituents is 1. The van der Waals surface area contributed by atoms with E-state index in [1.54, 1.807) is 12.1 Å². The lowest BCUT2D eigenvalue weighted by Gasteiger charge is -2.38. The van der Waals surface area contributed by atoms with Crippen LogP contribution in [-0.2, 0) is 0 Å². The maximum atomic E-state index is 11.2. The Labute approximate surface area is 123 Å². The summed E-state index contributed by atoms with van der Waals surface area (Å²) in [5.74, 6) is 0.338. The molecule has 0 saturated heterocycles. The van der Waals surface area contributed by atoms with Gasteiger partial charge in [-0.2, -0.15) is 0 Å². The van der Waals surface area contributed by atoms with Crippen molar-refractivity contribution in [2.75, 3.05) is 20.6 Å². The molecule has 1 aromatic rings. The maximum Gasteiger partial charge on any atom is 0.115 e. The summed E-state index contributed by atoms with van der Waals surface area (Å²) in [5, 5.41) is 20.6. The van der Waals surface area contributed by atoms with Crippen molar-refractivity contribution >= 4 is 0 Å². The Balaban J connectivity index is 3.11. The van der Waals surface area contributed by atoms with Crippen LogP contribution in [0.2, 0.25) is 0 Å². The predicted molar refractivity (Wildman–Crippen MR) is 84.2 cm³/mol. The fraction of sp³-hybridized carbons (Fsp3) is 0.647. The molecule has 0 unspecified atom stereocenters. The fourth-order valence-corrected chi connectivity index (χ4v) is 3.00. The number of aromatic hydroxyl groups is 1. The molecule has 0 bridgehead atoms. The largest absolute Gasteiger partial charge is 0.508 e. The Morgan fingerprint density at radius 1 is 1.05 bits per heavy atom. The summed E-state index contributed by atoms with van der Waals surface area (Å²) in [6.45, 7) is 5.04. The molecular formula is C17H29NO2. The van der Waals surface area contributed by atoms with Gasteiger partial charge in [-0.05, 0) is 44.6 Å². The lowest BCUT2D eigenvalue weighted by molar-refractivity contribution is -0.0129. The van der Waals surface area contributed by atoms with Crippen molar-refractivity contribution in [3.05, 3.63) is 29.8 Å². The summed E-state index contributed by atoms with van der Waals surface area (Å²) in [4.78, 5) is 2.12. The van der Waals surface area contributed by atoms with E-state index in [1.165, 1.54) is 0 Å². The highest BCUT2D eigenvalue weighted by Crippen LogP contribution is 2.36. The van der Waals surface area contributed by atoms with Crippen LogP contribution in [0.4, 0.5) is 0 Å². The van der Waals surface area contributed by atoms with Crippen molar-refractivity contribution in [2.45, 2.75) is 51.0 Å². The molecule has 20 heavy (non-hydrogen) atoms. The molecule has 1 atom stereocenters. The van der Waals surface area contributed by atoms with Crippen molar-refractivity contribution in [3.8, 4) is 5.75 Å². The Kier molecular flexibility index (Phi) is 6.50. The summed E-state index contributed by atoms with van der Waals surface area (Å²) in [6, 6.07) is 7.27. The van der Waals surface area contributed by atoms with Crippen molar-refractivity contribution in [1.29, 1.82) is 0 Å². The molecule has 0 aliphatic rings. The van der Waals surface area contributed by atoms with Gasteiger partial charge in [0.25, 0.3) is 0 Å². The topological polar surface area (TPSA) is 43.7 Å². The van der Waals surface area contributed by atoms with E-state index in [0.29, 0.717) is 0 Å². The van der Waals surface area contributed by atoms with Crippen molar-refractivity contribution in [2.24, 2.45) is 0 Å². The molecule has 0 spiro atoms. The standard InChI is InChI=1S/C17H29NO2/c1-5-11-17(20,12-6-2)16(13-18(3)4)14-7-9-15(19)10-8-14/h7-10,16,19-20H,5-6,11-13H2,1-4H3/t16-/m0/s1. The quantitative estimate of drug-likeness (QED) is 0.767. The number of hydrogen-bond donors (Lipinski definition) is 2. The third-order valence-electron chi connectivity index (χ3n) is 3.86. The van der Waals surface area contributed by atoms with Gasteiger partial charge in [-0.3, -0.25) is 0 Å². The third-order valence-corrected chi connectivity index (χ3v) is 3.86. The smallest absolute Gasteiger partial charge is 0.115 e. The number of benzene rings is 1. The van der Waals surface area contributed by atoms with Crippen LogP contribution in [0.3, 0.4) is 0 Å². The Hall–Kier alpha value is -1.06. The van der Waals surface area contributed by atoms with Gasteiger partial charge in [0.05, 0.1) is 5.60 Å². The molecule has 1 aromatic carbocycles. The van der Waals surface area contributed by atoms with E-state index >= 15 is 0 Å². The van der Waals surface area contributed by atoms with Crippen molar-refractivity contribution < 1.29 is 10.2 Å². The average molecular weight is 279 g/mol. The van der Waals surface area contributed by atoms with Crippen LogP contribution in [-0.4, -0.2) is 41.4 Å². The van der Waals surface area contributed by atoms with E-state index < -0.39 is 5.60 Å². The summed E-state index contributed by atoms with van der Waals surface area (Å²) >= 11 is 0. The number of rotatable bonds is 8. The number of aliphatic hydroxyl groups is 1. The van der Waals surface area contributed by atoms with Crippen LogP contribution in [0, 0.1) is 0 Å². The minimum Gasteiger partial charge on any atom is -0.508 e. The van der Waals surface area contributed by atoms with E-state index in [-0.39, 0.29) is 11.7 Å². The highest BCUT2D eigenvalue weighted by atomic mass is 16.3. The molecular weight excluding hydrogens is 250 g/mol. The van der Waals surface area contributed by atoms with Gasteiger partial charge in [-0.25, -0.2) is 0 Å². The van der Waals surface area contributed by atoms with Crippen LogP contribution >= 0.6 is 0 Å². The zero-order chi connectivity index (χ0) is 15.2. The first-order valence-electron chi connectivity index (χ1n) is 7.59. The molecule has 3 nitrogen and oxygen atoms in total. The zero-order valence-corrected chi connectivity index (χ0v) is 13.3. The highest BCUT2D eigenvalue weighted by molar-refractivity contribution is 5.30. The predicted octanol–water partition coefficient (Wildman–Crippen LogP) is 3.37.